The van der Waals surface area contributed by atoms with Gasteiger partial charge in [-0.05, 0) is 48.6 Å². The highest BCUT2D eigenvalue weighted by Crippen LogP contribution is 2.46. The van der Waals surface area contributed by atoms with Crippen molar-refractivity contribution >= 4 is 0 Å². The first-order valence-corrected chi connectivity index (χ1v) is 8.27. The van der Waals surface area contributed by atoms with Crippen LogP contribution >= 0.6 is 0 Å². The molecule has 21 heavy (non-hydrogen) atoms. The second-order valence-electron chi connectivity index (χ2n) is 6.68. The van der Waals surface area contributed by atoms with Gasteiger partial charge in [0.1, 0.15) is 5.75 Å². The quantitative estimate of drug-likeness (QED) is 0.660. The fourth-order valence-electron chi connectivity index (χ4n) is 4.43. The summed E-state index contributed by atoms with van der Waals surface area (Å²) in [5, 5.41) is 0. The van der Waals surface area contributed by atoms with Gasteiger partial charge in [-0.2, -0.15) is 0 Å². The molecule has 3 N–H and O–H groups in total. The summed E-state index contributed by atoms with van der Waals surface area (Å²) in [5.74, 6) is 9.17. The monoisotopic (exact) mass is 289 g/mol. The molecule has 0 radical (unpaired) electrons. The summed E-state index contributed by atoms with van der Waals surface area (Å²) in [6.07, 6.45) is 13.3. The smallest absolute Gasteiger partial charge is 0.137 e. The van der Waals surface area contributed by atoms with Crippen molar-refractivity contribution in [3.63, 3.8) is 0 Å². The highest BCUT2D eigenvalue weighted by molar-refractivity contribution is 5.26. The van der Waals surface area contributed by atoms with Gasteiger partial charge < -0.3 is 4.74 Å². The molecular weight excluding hydrogens is 262 g/mol. The number of nitrogens with two attached hydrogens (primary N) is 1. The van der Waals surface area contributed by atoms with Crippen LogP contribution in [0.15, 0.2) is 18.5 Å². The number of nitrogens with one attached hydrogen (secondary N) is 1. The number of rotatable bonds is 4. The fourth-order valence-corrected chi connectivity index (χ4v) is 4.43. The van der Waals surface area contributed by atoms with Crippen molar-refractivity contribution in [2.45, 2.75) is 51.0 Å². The van der Waals surface area contributed by atoms with Gasteiger partial charge in [0.05, 0.1) is 19.3 Å². The maximum Gasteiger partial charge on any atom is 0.137 e. The van der Waals surface area contributed by atoms with E-state index in [9.17, 15) is 0 Å². The molecule has 0 aliphatic heterocycles. The van der Waals surface area contributed by atoms with Crippen molar-refractivity contribution in [2.75, 3.05) is 7.11 Å². The zero-order valence-electron chi connectivity index (χ0n) is 12.9. The number of aromatic nitrogens is 1. The molecule has 2 saturated carbocycles. The van der Waals surface area contributed by atoms with E-state index in [1.54, 1.807) is 13.3 Å². The van der Waals surface area contributed by atoms with Crippen molar-refractivity contribution in [3.05, 3.63) is 24.0 Å². The predicted octanol–water partition coefficient (Wildman–Crippen LogP) is 3.20. The number of nitrogens with zero attached hydrogens (tertiary/aromatic N) is 1. The number of pyridine rings is 1. The summed E-state index contributed by atoms with van der Waals surface area (Å²) in [6, 6.07) is 2.25. The molecule has 0 spiro atoms. The van der Waals surface area contributed by atoms with Crippen LogP contribution in [0.25, 0.3) is 0 Å². The molecule has 116 valence electrons. The first kappa shape index (κ1) is 14.8. The van der Waals surface area contributed by atoms with Crippen molar-refractivity contribution in [1.29, 1.82) is 0 Å². The Morgan fingerprint density at radius 2 is 2.00 bits per heavy atom. The Morgan fingerprint density at radius 1 is 1.19 bits per heavy atom. The number of ether oxygens (including phenoxy) is 1. The van der Waals surface area contributed by atoms with Crippen molar-refractivity contribution in [3.8, 4) is 5.75 Å². The lowest BCUT2D eigenvalue weighted by Gasteiger charge is -2.41. The average Bonchev–Trinajstić information content (AvgIpc) is 2.56. The summed E-state index contributed by atoms with van der Waals surface area (Å²) >= 11 is 0. The lowest BCUT2D eigenvalue weighted by molar-refractivity contribution is 0.109. The molecule has 4 atom stereocenters. The third-order valence-corrected chi connectivity index (χ3v) is 5.56. The summed E-state index contributed by atoms with van der Waals surface area (Å²) in [7, 11) is 1.68. The number of hydrazine groups is 1. The third-order valence-electron chi connectivity index (χ3n) is 5.56. The van der Waals surface area contributed by atoms with Crippen molar-refractivity contribution in [2.24, 2.45) is 23.6 Å². The molecular formula is C17H27N3O. The van der Waals surface area contributed by atoms with E-state index in [0.29, 0.717) is 5.92 Å². The largest absolute Gasteiger partial charge is 0.495 e. The van der Waals surface area contributed by atoms with Gasteiger partial charge in [-0.15, -0.1) is 0 Å². The lowest BCUT2D eigenvalue weighted by atomic mass is 9.65. The Bertz CT molecular complexity index is 465. The van der Waals surface area contributed by atoms with Gasteiger partial charge in [0.2, 0.25) is 0 Å². The van der Waals surface area contributed by atoms with Gasteiger partial charge in [-0.1, -0.05) is 25.7 Å². The predicted molar refractivity (Wildman–Crippen MR) is 83.6 cm³/mol. The molecule has 0 amide bonds. The minimum absolute atomic E-state index is 0.190. The molecule has 1 aromatic heterocycles. The molecule has 3 rings (SSSR count). The Labute approximate surface area is 127 Å². The molecule has 2 aliphatic carbocycles. The highest BCUT2D eigenvalue weighted by Gasteiger charge is 2.35. The third kappa shape index (κ3) is 3.22. The summed E-state index contributed by atoms with van der Waals surface area (Å²) in [6.45, 7) is 0. The fraction of sp³-hybridized carbons (Fsp3) is 0.706. The van der Waals surface area contributed by atoms with Crippen LogP contribution in [-0.4, -0.2) is 12.1 Å². The Hall–Kier alpha value is -1.13. The van der Waals surface area contributed by atoms with Crippen LogP contribution in [0, 0.1) is 17.8 Å². The molecule has 1 heterocycles. The molecule has 4 nitrogen and oxygen atoms in total. The molecule has 0 aromatic carbocycles. The number of fused-ring (bicyclic) bond motifs is 1. The normalized spacial score (nSPS) is 30.5. The van der Waals surface area contributed by atoms with Gasteiger partial charge in [0.15, 0.2) is 0 Å². The second-order valence-corrected chi connectivity index (χ2v) is 6.68. The zero-order valence-corrected chi connectivity index (χ0v) is 12.9. The molecule has 4 heteroatoms. The number of hydrogen-bond donors (Lipinski definition) is 2. The zero-order chi connectivity index (χ0) is 14.7. The van der Waals surface area contributed by atoms with Gasteiger partial charge >= 0.3 is 0 Å². The van der Waals surface area contributed by atoms with Gasteiger partial charge in [-0.25, -0.2) is 0 Å². The minimum Gasteiger partial charge on any atom is -0.495 e. The molecule has 0 saturated heterocycles. The van der Waals surface area contributed by atoms with Crippen LogP contribution in [0.3, 0.4) is 0 Å². The van der Waals surface area contributed by atoms with Gasteiger partial charge in [0.25, 0.3) is 0 Å². The van der Waals surface area contributed by atoms with Gasteiger partial charge in [-0.3, -0.25) is 16.3 Å². The standard InChI is InChI=1S/C17H27N3O/c1-21-16-9-15(10-19-11-16)17(20-18)14-7-6-12-4-2-3-5-13(12)8-14/h9-14,17,20H,2-8,18H2,1H3. The van der Waals surface area contributed by atoms with E-state index in [1.165, 1.54) is 44.9 Å². The van der Waals surface area contributed by atoms with Crippen LogP contribution < -0.4 is 16.0 Å². The van der Waals surface area contributed by atoms with Crippen LogP contribution in [0.2, 0.25) is 0 Å². The van der Waals surface area contributed by atoms with Crippen LogP contribution in [0.5, 0.6) is 5.75 Å². The number of methoxy groups -OCH3 is 1. The van der Waals surface area contributed by atoms with Crippen LogP contribution in [-0.2, 0) is 0 Å². The molecule has 4 unspecified atom stereocenters. The van der Waals surface area contributed by atoms with E-state index >= 15 is 0 Å². The lowest BCUT2D eigenvalue weighted by Crippen LogP contribution is -2.38. The Morgan fingerprint density at radius 3 is 2.76 bits per heavy atom. The van der Waals surface area contributed by atoms with E-state index in [2.05, 4.69) is 16.5 Å². The van der Waals surface area contributed by atoms with E-state index in [4.69, 9.17) is 10.6 Å². The molecule has 2 fully saturated rings. The molecule has 2 aliphatic rings. The first-order valence-electron chi connectivity index (χ1n) is 8.27. The van der Waals surface area contributed by atoms with E-state index in [-0.39, 0.29) is 6.04 Å². The Balaban J connectivity index is 1.73. The summed E-state index contributed by atoms with van der Waals surface area (Å²) < 4.78 is 5.29. The number of hydrogen-bond acceptors (Lipinski definition) is 4. The maximum absolute atomic E-state index is 5.88. The van der Waals surface area contributed by atoms with Crippen LogP contribution in [0.4, 0.5) is 0 Å². The SMILES string of the molecule is COc1cncc(C(NN)C2CCC3CCCCC3C2)c1. The van der Waals surface area contributed by atoms with E-state index in [0.717, 1.165) is 23.1 Å². The second kappa shape index (κ2) is 6.75. The first-order chi connectivity index (χ1) is 10.3. The Kier molecular flexibility index (Phi) is 4.76. The highest BCUT2D eigenvalue weighted by atomic mass is 16.5. The summed E-state index contributed by atoms with van der Waals surface area (Å²) in [5.41, 5.74) is 4.19. The van der Waals surface area contributed by atoms with Gasteiger partial charge in [0, 0.05) is 6.20 Å². The minimum atomic E-state index is 0.190. The topological polar surface area (TPSA) is 60.2 Å². The average molecular weight is 289 g/mol. The van der Waals surface area contributed by atoms with E-state index in [1.807, 2.05) is 6.20 Å². The molecule has 0 bridgehead atoms. The van der Waals surface area contributed by atoms with Crippen LogP contribution in [0.1, 0.15) is 56.6 Å². The van der Waals surface area contributed by atoms with E-state index < -0.39 is 0 Å². The van der Waals surface area contributed by atoms with Crippen molar-refractivity contribution in [1.82, 2.24) is 10.4 Å². The molecule has 1 aromatic rings. The van der Waals surface area contributed by atoms with Crippen molar-refractivity contribution < 1.29 is 4.74 Å². The maximum atomic E-state index is 5.88. The summed E-state index contributed by atoms with van der Waals surface area (Å²) in [4.78, 5) is 4.28.